The molecule has 0 saturated heterocycles. The Hall–Kier alpha value is -2.25. The van der Waals surface area contributed by atoms with Crippen molar-refractivity contribution in [2.24, 2.45) is 0 Å². The van der Waals surface area contributed by atoms with Gasteiger partial charge in [-0.2, -0.15) is 26.3 Å². The predicted molar refractivity (Wildman–Crippen MR) is 154 cm³/mol. The van der Waals surface area contributed by atoms with Crippen LogP contribution >= 0.6 is 54.5 Å². The summed E-state index contributed by atoms with van der Waals surface area (Å²) >= 11 is 8.97. The molecular weight excluding hydrogens is 801 g/mol. The van der Waals surface area contributed by atoms with Crippen LogP contribution in [0.25, 0.3) is 0 Å². The van der Waals surface area contributed by atoms with Crippen LogP contribution in [0, 0.1) is 3.57 Å². The molecule has 0 aliphatic carbocycles. The summed E-state index contributed by atoms with van der Waals surface area (Å²) in [6.45, 7) is 2.20. The summed E-state index contributed by atoms with van der Waals surface area (Å²) in [5.74, 6) is -1.13. The highest BCUT2D eigenvalue weighted by Gasteiger charge is 2.40. The molecule has 2 aliphatic rings. The van der Waals surface area contributed by atoms with E-state index in [1.165, 1.54) is 3.57 Å². The van der Waals surface area contributed by atoms with Crippen molar-refractivity contribution in [3.63, 3.8) is 0 Å². The summed E-state index contributed by atoms with van der Waals surface area (Å²) < 4.78 is 80.6. The lowest BCUT2D eigenvalue weighted by atomic mass is 10.2. The molecule has 0 amide bonds. The molecule has 0 saturated carbocycles. The summed E-state index contributed by atoms with van der Waals surface area (Å²) in [5.41, 5.74) is 0.955. The highest BCUT2D eigenvalue weighted by Crippen LogP contribution is 2.31. The maximum atomic E-state index is 12.7. The van der Waals surface area contributed by atoms with E-state index in [1.807, 2.05) is 41.3 Å². The molecule has 0 atom stereocenters. The zero-order valence-electron chi connectivity index (χ0n) is 20.9. The number of nitrogens with zero attached hydrogens (tertiary/aromatic N) is 7. The van der Waals surface area contributed by atoms with Gasteiger partial charge in [0.15, 0.2) is 5.82 Å². The average Bonchev–Trinajstić information content (AvgIpc) is 3.56. The van der Waals surface area contributed by atoms with Crippen molar-refractivity contribution in [1.82, 2.24) is 34.8 Å². The Labute approximate surface area is 260 Å². The topological polar surface area (TPSA) is 76.7 Å². The van der Waals surface area contributed by atoms with Gasteiger partial charge in [-0.05, 0) is 71.1 Å². The number of benzene rings is 2. The fraction of sp³-hybridized carbons (Fsp3) is 0.333. The van der Waals surface area contributed by atoms with E-state index in [0.29, 0.717) is 37.8 Å². The minimum atomic E-state index is -4.45. The lowest BCUT2D eigenvalue weighted by Gasteiger charge is -2.29. The van der Waals surface area contributed by atoms with Crippen molar-refractivity contribution in [3.8, 4) is 0 Å². The molecule has 2 aromatic heterocycles. The first-order valence-corrected chi connectivity index (χ1v) is 14.6. The molecule has 17 heteroatoms. The van der Waals surface area contributed by atoms with Crippen molar-refractivity contribution in [3.05, 3.63) is 84.3 Å². The number of nitrogens with one attached hydrogen (secondary N) is 1. The van der Waals surface area contributed by atoms with Gasteiger partial charge in [0.05, 0.1) is 13.1 Å². The first-order valence-electron chi connectivity index (χ1n) is 11.9. The number of hydrogen-bond acceptors (Lipinski definition) is 6. The van der Waals surface area contributed by atoms with Gasteiger partial charge in [-0.1, -0.05) is 31.9 Å². The molecule has 41 heavy (non-hydrogen) atoms. The fourth-order valence-corrected chi connectivity index (χ4v) is 4.86. The summed E-state index contributed by atoms with van der Waals surface area (Å²) in [6.07, 6.45) is -8.85. The van der Waals surface area contributed by atoms with E-state index in [-0.39, 0.29) is 13.1 Å². The Morgan fingerprint density at radius 3 is 1.73 bits per heavy atom. The fourth-order valence-electron chi connectivity index (χ4n) is 3.97. The molecule has 2 aliphatic heterocycles. The Morgan fingerprint density at radius 1 is 0.683 bits per heavy atom. The molecule has 220 valence electrons. The number of rotatable bonds is 1. The first-order chi connectivity index (χ1) is 19.3. The maximum absolute atomic E-state index is 12.7. The Balaban J connectivity index is 0.000000158. The van der Waals surface area contributed by atoms with E-state index < -0.39 is 24.0 Å². The van der Waals surface area contributed by atoms with Gasteiger partial charge in [0.2, 0.25) is 11.6 Å². The Bertz CT molecular complexity index is 1420. The number of aromatic nitrogens is 6. The molecule has 0 spiro atoms. The third-order valence-corrected chi connectivity index (χ3v) is 7.65. The van der Waals surface area contributed by atoms with E-state index in [4.69, 9.17) is 0 Å². The van der Waals surface area contributed by atoms with Gasteiger partial charge in [0, 0.05) is 44.4 Å². The van der Waals surface area contributed by atoms with E-state index >= 15 is 0 Å². The van der Waals surface area contributed by atoms with Crippen LogP contribution in [0.15, 0.2) is 57.5 Å². The SMILES string of the molecule is Brc1ccc(I)cc1.FC(F)(F)c1nnc2n1CCN(c1ccc(Br)cc1)C2.FC(F)(F)c1nnc2n1CCNC2. The van der Waals surface area contributed by atoms with Crippen LogP contribution < -0.4 is 10.2 Å². The number of hydrogen-bond donors (Lipinski definition) is 1. The molecule has 0 bridgehead atoms. The Morgan fingerprint density at radius 2 is 1.20 bits per heavy atom. The molecule has 0 unspecified atom stereocenters. The van der Waals surface area contributed by atoms with Gasteiger partial charge in [-0.3, -0.25) is 0 Å². The molecule has 0 radical (unpaired) electrons. The second-order valence-electron chi connectivity index (χ2n) is 8.69. The van der Waals surface area contributed by atoms with Crippen molar-refractivity contribution in [2.45, 2.75) is 38.5 Å². The smallest absolute Gasteiger partial charge is 0.362 e. The van der Waals surface area contributed by atoms with Crippen molar-refractivity contribution >= 4 is 60.1 Å². The van der Waals surface area contributed by atoms with Gasteiger partial charge in [-0.25, -0.2) is 0 Å². The minimum Gasteiger partial charge on any atom is -0.362 e. The van der Waals surface area contributed by atoms with Crippen LogP contribution in [0.1, 0.15) is 23.3 Å². The van der Waals surface area contributed by atoms with Crippen LogP contribution in [-0.4, -0.2) is 42.6 Å². The normalized spacial score (nSPS) is 14.7. The number of anilines is 1. The second kappa shape index (κ2) is 13.4. The van der Waals surface area contributed by atoms with Gasteiger partial charge >= 0.3 is 12.4 Å². The number of halogens is 9. The minimum absolute atomic E-state index is 0.229. The van der Waals surface area contributed by atoms with E-state index in [2.05, 4.69) is 92.3 Å². The van der Waals surface area contributed by atoms with Gasteiger partial charge in [-0.15, -0.1) is 20.4 Å². The zero-order chi connectivity index (χ0) is 29.8. The van der Waals surface area contributed by atoms with Gasteiger partial charge in [0.25, 0.3) is 0 Å². The predicted octanol–water partition coefficient (Wildman–Crippen LogP) is 6.53. The standard InChI is InChI=1S/C12H10BrF3N4.C6H4BrI.C6H7F3N4/c13-8-1-3-9(4-2-8)19-5-6-20-10(7-19)17-18-11(20)12(14,15)16;7-5-1-3-6(8)4-2-5;7-6(8,9)5-12-11-4-3-10-1-2-13(4)5/h1-4H,5-7H2;1-4H;10H,1-3H2. The van der Waals surface area contributed by atoms with Crippen molar-refractivity contribution in [1.29, 1.82) is 0 Å². The highest BCUT2D eigenvalue weighted by atomic mass is 127. The molecule has 6 rings (SSSR count). The summed E-state index contributed by atoms with van der Waals surface area (Å²) in [7, 11) is 0. The first kappa shape index (κ1) is 31.7. The third kappa shape index (κ3) is 8.41. The second-order valence-corrected chi connectivity index (χ2v) is 11.8. The number of fused-ring (bicyclic) bond motifs is 2. The van der Waals surface area contributed by atoms with E-state index in [1.54, 1.807) is 0 Å². The van der Waals surface area contributed by atoms with Crippen LogP contribution in [0.5, 0.6) is 0 Å². The number of alkyl halides is 6. The maximum Gasteiger partial charge on any atom is 0.451 e. The summed E-state index contributed by atoms with van der Waals surface area (Å²) in [5, 5.41) is 16.4. The zero-order valence-corrected chi connectivity index (χ0v) is 26.2. The van der Waals surface area contributed by atoms with Crippen LogP contribution in [-0.2, 0) is 38.5 Å². The molecule has 4 aromatic rings. The van der Waals surface area contributed by atoms with Crippen LogP contribution in [0.2, 0.25) is 0 Å². The Kier molecular flexibility index (Phi) is 10.3. The monoisotopic (exact) mass is 820 g/mol. The molecule has 1 N–H and O–H groups in total. The highest BCUT2D eigenvalue weighted by molar-refractivity contribution is 14.1. The summed E-state index contributed by atoms with van der Waals surface area (Å²) in [4.78, 5) is 1.98. The largest absolute Gasteiger partial charge is 0.451 e. The molecule has 8 nitrogen and oxygen atoms in total. The molecule has 2 aromatic carbocycles. The quantitative estimate of drug-likeness (QED) is 0.174. The lowest BCUT2D eigenvalue weighted by molar-refractivity contribution is -0.148. The molecular formula is C24H21Br2F6IN8. The molecule has 0 fully saturated rings. The van der Waals surface area contributed by atoms with Gasteiger partial charge < -0.3 is 19.4 Å². The average molecular weight is 822 g/mol. The van der Waals surface area contributed by atoms with E-state index in [0.717, 1.165) is 23.8 Å². The van der Waals surface area contributed by atoms with Crippen molar-refractivity contribution in [2.75, 3.05) is 18.0 Å². The van der Waals surface area contributed by atoms with Crippen LogP contribution in [0.3, 0.4) is 0 Å². The lowest BCUT2D eigenvalue weighted by Crippen LogP contribution is -2.35. The van der Waals surface area contributed by atoms with E-state index in [9.17, 15) is 26.3 Å². The third-order valence-electron chi connectivity index (χ3n) is 5.88. The molecule has 4 heterocycles. The summed E-state index contributed by atoms with van der Waals surface area (Å²) in [6, 6.07) is 15.8. The van der Waals surface area contributed by atoms with Gasteiger partial charge in [0.1, 0.15) is 5.82 Å². The van der Waals surface area contributed by atoms with Crippen LogP contribution in [0.4, 0.5) is 32.0 Å². The van der Waals surface area contributed by atoms with Crippen molar-refractivity contribution < 1.29 is 26.3 Å².